The van der Waals surface area contributed by atoms with Gasteiger partial charge in [0.2, 0.25) is 0 Å². The Balaban J connectivity index is 1.98. The average molecular weight is 251 g/mol. The molecule has 2 rings (SSSR count). The molecule has 1 aromatic heterocycles. The van der Waals surface area contributed by atoms with Gasteiger partial charge in [0, 0.05) is 25.8 Å². The molecule has 5 heteroatoms. The largest absolute Gasteiger partial charge is 0.340 e. The summed E-state index contributed by atoms with van der Waals surface area (Å²) in [6, 6.07) is 1.74. The highest BCUT2D eigenvalue weighted by atomic mass is 19.1. The first-order chi connectivity index (χ1) is 8.68. The second-order valence-corrected chi connectivity index (χ2v) is 4.69. The highest BCUT2D eigenvalue weighted by Crippen LogP contribution is 2.11. The standard InChI is InChI=1S/C13H18FN3O/c1-17(9-10-4-2-3-6-16-10)13(18)11-5-7-15-8-12(11)14/h5,7-8,10,16H,2-4,6,9H2,1H3. The summed E-state index contributed by atoms with van der Waals surface area (Å²) in [5, 5.41) is 3.37. The molecule has 1 aromatic rings. The molecule has 0 spiro atoms. The molecular formula is C13H18FN3O. The van der Waals surface area contributed by atoms with Crippen LogP contribution >= 0.6 is 0 Å². The summed E-state index contributed by atoms with van der Waals surface area (Å²) in [6.07, 6.45) is 5.94. The number of aromatic nitrogens is 1. The van der Waals surface area contributed by atoms with Crippen LogP contribution < -0.4 is 5.32 Å². The van der Waals surface area contributed by atoms with Crippen LogP contribution in [0.25, 0.3) is 0 Å². The molecule has 1 N–H and O–H groups in total. The lowest BCUT2D eigenvalue weighted by Gasteiger charge is -2.28. The number of likely N-dealkylation sites (N-methyl/N-ethyl adjacent to an activating group) is 1. The predicted molar refractivity (Wildman–Crippen MR) is 66.8 cm³/mol. The van der Waals surface area contributed by atoms with Crippen molar-refractivity contribution >= 4 is 5.91 Å². The van der Waals surface area contributed by atoms with E-state index in [2.05, 4.69) is 10.3 Å². The summed E-state index contributed by atoms with van der Waals surface area (Å²) in [5.41, 5.74) is 0.0864. The number of piperidine rings is 1. The van der Waals surface area contributed by atoms with Gasteiger partial charge in [-0.05, 0) is 25.5 Å². The van der Waals surface area contributed by atoms with Crippen molar-refractivity contribution < 1.29 is 9.18 Å². The van der Waals surface area contributed by atoms with Crippen LogP contribution in [0.5, 0.6) is 0 Å². The first kappa shape index (κ1) is 13.0. The lowest BCUT2D eigenvalue weighted by Crippen LogP contribution is -2.44. The van der Waals surface area contributed by atoms with Crippen LogP contribution in [0.1, 0.15) is 29.6 Å². The Hall–Kier alpha value is -1.49. The molecule has 1 unspecified atom stereocenters. The fraction of sp³-hybridized carbons (Fsp3) is 0.538. The van der Waals surface area contributed by atoms with E-state index in [-0.39, 0.29) is 11.5 Å². The van der Waals surface area contributed by atoms with E-state index in [4.69, 9.17) is 0 Å². The highest BCUT2D eigenvalue weighted by molar-refractivity contribution is 5.94. The number of nitrogens with one attached hydrogen (secondary N) is 1. The number of carbonyl (C=O) groups excluding carboxylic acids is 1. The fourth-order valence-corrected chi connectivity index (χ4v) is 2.25. The van der Waals surface area contributed by atoms with Gasteiger partial charge in [0.25, 0.3) is 5.91 Å². The Morgan fingerprint density at radius 3 is 3.11 bits per heavy atom. The van der Waals surface area contributed by atoms with Gasteiger partial charge in [0.15, 0.2) is 5.82 Å². The van der Waals surface area contributed by atoms with Crippen molar-refractivity contribution in [2.75, 3.05) is 20.1 Å². The number of hydrogen-bond donors (Lipinski definition) is 1. The smallest absolute Gasteiger partial charge is 0.256 e. The second-order valence-electron chi connectivity index (χ2n) is 4.69. The molecule has 0 aliphatic carbocycles. The molecule has 1 saturated heterocycles. The van der Waals surface area contributed by atoms with E-state index in [0.29, 0.717) is 12.6 Å². The summed E-state index contributed by atoms with van der Waals surface area (Å²) in [7, 11) is 1.71. The molecule has 18 heavy (non-hydrogen) atoms. The molecule has 98 valence electrons. The van der Waals surface area contributed by atoms with Gasteiger partial charge in [-0.3, -0.25) is 9.78 Å². The van der Waals surface area contributed by atoms with Crippen molar-refractivity contribution in [1.82, 2.24) is 15.2 Å². The number of amides is 1. The quantitative estimate of drug-likeness (QED) is 0.884. The minimum absolute atomic E-state index is 0.0864. The highest BCUT2D eigenvalue weighted by Gasteiger charge is 2.20. The first-order valence-electron chi connectivity index (χ1n) is 6.27. The Kier molecular flexibility index (Phi) is 4.25. The minimum Gasteiger partial charge on any atom is -0.340 e. The van der Waals surface area contributed by atoms with Crippen molar-refractivity contribution in [2.24, 2.45) is 0 Å². The molecule has 0 saturated carbocycles. The topological polar surface area (TPSA) is 45.2 Å². The average Bonchev–Trinajstić information content (AvgIpc) is 2.39. The number of halogens is 1. The molecular weight excluding hydrogens is 233 g/mol. The Morgan fingerprint density at radius 2 is 2.44 bits per heavy atom. The first-order valence-corrected chi connectivity index (χ1v) is 6.27. The van der Waals surface area contributed by atoms with Crippen LogP contribution in [0.4, 0.5) is 4.39 Å². The van der Waals surface area contributed by atoms with Gasteiger partial charge in [-0.25, -0.2) is 4.39 Å². The summed E-state index contributed by atoms with van der Waals surface area (Å²) < 4.78 is 13.5. The minimum atomic E-state index is -0.564. The van der Waals surface area contributed by atoms with E-state index in [9.17, 15) is 9.18 Å². The van der Waals surface area contributed by atoms with Crippen molar-refractivity contribution in [1.29, 1.82) is 0 Å². The molecule has 0 radical (unpaired) electrons. The number of nitrogens with zero attached hydrogens (tertiary/aromatic N) is 2. The molecule has 0 bridgehead atoms. The Labute approximate surface area is 106 Å². The lowest BCUT2D eigenvalue weighted by atomic mass is 10.0. The van der Waals surface area contributed by atoms with Crippen LogP contribution in [0.15, 0.2) is 18.5 Å². The van der Waals surface area contributed by atoms with Gasteiger partial charge < -0.3 is 10.2 Å². The third kappa shape index (κ3) is 3.04. The van der Waals surface area contributed by atoms with E-state index in [1.165, 1.54) is 25.1 Å². The maximum Gasteiger partial charge on any atom is 0.256 e. The van der Waals surface area contributed by atoms with Gasteiger partial charge >= 0.3 is 0 Å². The van der Waals surface area contributed by atoms with E-state index in [1.807, 2.05) is 0 Å². The maximum atomic E-state index is 13.5. The van der Waals surface area contributed by atoms with Gasteiger partial charge in [0.1, 0.15) is 0 Å². The zero-order chi connectivity index (χ0) is 13.0. The summed E-state index contributed by atoms with van der Waals surface area (Å²) in [6.45, 7) is 1.61. The number of rotatable bonds is 3. The summed E-state index contributed by atoms with van der Waals surface area (Å²) >= 11 is 0. The predicted octanol–water partition coefficient (Wildman–Crippen LogP) is 1.43. The molecule has 1 aliphatic heterocycles. The monoisotopic (exact) mass is 251 g/mol. The third-order valence-corrected chi connectivity index (χ3v) is 3.26. The molecule has 1 aliphatic rings. The van der Waals surface area contributed by atoms with Crippen LogP contribution in [-0.4, -0.2) is 42.0 Å². The van der Waals surface area contributed by atoms with E-state index >= 15 is 0 Å². The van der Waals surface area contributed by atoms with E-state index in [1.54, 1.807) is 11.9 Å². The SMILES string of the molecule is CN(CC1CCCCN1)C(=O)c1ccncc1F. The van der Waals surface area contributed by atoms with Gasteiger partial charge in [0.05, 0.1) is 11.8 Å². The van der Waals surface area contributed by atoms with Crippen molar-refractivity contribution in [2.45, 2.75) is 25.3 Å². The van der Waals surface area contributed by atoms with Crippen LogP contribution in [0.2, 0.25) is 0 Å². The summed E-state index contributed by atoms with van der Waals surface area (Å²) in [4.78, 5) is 17.3. The normalized spacial score (nSPS) is 19.6. The molecule has 1 fully saturated rings. The Bertz CT molecular complexity index is 418. The number of hydrogen-bond acceptors (Lipinski definition) is 3. The molecule has 4 nitrogen and oxygen atoms in total. The Morgan fingerprint density at radius 1 is 1.61 bits per heavy atom. The van der Waals surface area contributed by atoms with Crippen molar-refractivity contribution in [3.8, 4) is 0 Å². The van der Waals surface area contributed by atoms with Gasteiger partial charge in [-0.1, -0.05) is 6.42 Å². The van der Waals surface area contributed by atoms with Crippen LogP contribution in [0, 0.1) is 5.82 Å². The zero-order valence-electron chi connectivity index (χ0n) is 10.5. The van der Waals surface area contributed by atoms with Crippen LogP contribution in [0.3, 0.4) is 0 Å². The van der Waals surface area contributed by atoms with E-state index in [0.717, 1.165) is 19.2 Å². The van der Waals surface area contributed by atoms with Crippen molar-refractivity contribution in [3.63, 3.8) is 0 Å². The molecule has 2 heterocycles. The maximum absolute atomic E-state index is 13.5. The number of pyridine rings is 1. The van der Waals surface area contributed by atoms with Crippen LogP contribution in [-0.2, 0) is 0 Å². The second kappa shape index (κ2) is 5.91. The zero-order valence-corrected chi connectivity index (χ0v) is 10.5. The van der Waals surface area contributed by atoms with Crippen molar-refractivity contribution in [3.05, 3.63) is 29.8 Å². The summed E-state index contributed by atoms with van der Waals surface area (Å²) in [5.74, 6) is -0.853. The number of carbonyl (C=O) groups is 1. The molecule has 1 amide bonds. The lowest BCUT2D eigenvalue weighted by molar-refractivity contribution is 0.0770. The van der Waals surface area contributed by atoms with Gasteiger partial charge in [-0.15, -0.1) is 0 Å². The molecule has 0 aromatic carbocycles. The fourth-order valence-electron chi connectivity index (χ4n) is 2.25. The molecule has 1 atom stereocenters. The third-order valence-electron chi connectivity index (χ3n) is 3.26. The van der Waals surface area contributed by atoms with Gasteiger partial charge in [-0.2, -0.15) is 0 Å². The van der Waals surface area contributed by atoms with E-state index < -0.39 is 5.82 Å².